The van der Waals surface area contributed by atoms with E-state index in [1.54, 1.807) is 35.2 Å². The molecule has 130 valence electrons. The van der Waals surface area contributed by atoms with E-state index >= 15 is 0 Å². The van der Waals surface area contributed by atoms with Gasteiger partial charge in [-0.25, -0.2) is 9.07 Å². The van der Waals surface area contributed by atoms with Crippen molar-refractivity contribution in [3.8, 4) is 11.5 Å². The molecule has 9 heteroatoms. The molecular formula is C17H14FN7O. The van der Waals surface area contributed by atoms with E-state index in [1.807, 2.05) is 12.1 Å². The van der Waals surface area contributed by atoms with Crippen molar-refractivity contribution in [2.75, 3.05) is 0 Å². The molecule has 1 amide bonds. The normalized spacial score (nSPS) is 10.8. The van der Waals surface area contributed by atoms with Gasteiger partial charge in [-0.15, -0.1) is 0 Å². The van der Waals surface area contributed by atoms with E-state index in [0.29, 0.717) is 17.1 Å². The highest BCUT2D eigenvalue weighted by molar-refractivity contribution is 5.97. The Morgan fingerprint density at radius 2 is 1.96 bits per heavy atom. The third-order valence-corrected chi connectivity index (χ3v) is 3.81. The average molecular weight is 351 g/mol. The van der Waals surface area contributed by atoms with E-state index in [4.69, 9.17) is 0 Å². The van der Waals surface area contributed by atoms with E-state index in [2.05, 4.69) is 25.8 Å². The number of hydrogen-bond donors (Lipinski definition) is 2. The minimum absolute atomic E-state index is 0.214. The lowest BCUT2D eigenvalue weighted by molar-refractivity contribution is 0.0950. The van der Waals surface area contributed by atoms with E-state index < -0.39 is 5.82 Å². The molecule has 0 aliphatic carbocycles. The second kappa shape index (κ2) is 6.63. The van der Waals surface area contributed by atoms with Crippen molar-refractivity contribution >= 4 is 5.91 Å². The average Bonchev–Trinajstić information content (AvgIpc) is 3.40. The SMILES string of the molecule is O=C(NCc1cn[nH]n1)c1cnn(-c2ccccc2F)c1-n1cccc1. The van der Waals surface area contributed by atoms with Gasteiger partial charge >= 0.3 is 0 Å². The van der Waals surface area contributed by atoms with E-state index in [1.165, 1.54) is 23.1 Å². The molecule has 0 saturated heterocycles. The molecule has 26 heavy (non-hydrogen) atoms. The Balaban J connectivity index is 1.73. The maximum Gasteiger partial charge on any atom is 0.257 e. The summed E-state index contributed by atoms with van der Waals surface area (Å²) in [7, 11) is 0. The van der Waals surface area contributed by atoms with Crippen LogP contribution in [0.15, 0.2) is 61.2 Å². The molecule has 0 aliphatic heterocycles. The fraction of sp³-hybridized carbons (Fsp3) is 0.0588. The molecule has 3 heterocycles. The van der Waals surface area contributed by atoms with Crippen LogP contribution >= 0.6 is 0 Å². The van der Waals surface area contributed by atoms with E-state index in [0.717, 1.165) is 0 Å². The zero-order valence-corrected chi connectivity index (χ0v) is 13.5. The first-order valence-corrected chi connectivity index (χ1v) is 7.83. The van der Waals surface area contributed by atoms with Gasteiger partial charge in [0.05, 0.1) is 18.9 Å². The van der Waals surface area contributed by atoms with E-state index in [-0.39, 0.29) is 18.1 Å². The van der Waals surface area contributed by atoms with Crippen LogP contribution in [-0.4, -0.2) is 35.7 Å². The molecular weight excluding hydrogens is 337 g/mol. The van der Waals surface area contributed by atoms with Gasteiger partial charge in [0.2, 0.25) is 0 Å². The number of benzene rings is 1. The van der Waals surface area contributed by atoms with Crippen molar-refractivity contribution in [1.29, 1.82) is 0 Å². The van der Waals surface area contributed by atoms with Crippen LogP contribution in [0.1, 0.15) is 16.1 Å². The fourth-order valence-electron chi connectivity index (χ4n) is 2.60. The number of amides is 1. The van der Waals surface area contributed by atoms with Crippen molar-refractivity contribution in [2.24, 2.45) is 0 Å². The van der Waals surface area contributed by atoms with Gasteiger partial charge in [0.1, 0.15) is 22.8 Å². The summed E-state index contributed by atoms with van der Waals surface area (Å²) in [6.45, 7) is 0.214. The fourth-order valence-corrected chi connectivity index (χ4v) is 2.60. The zero-order valence-electron chi connectivity index (χ0n) is 13.5. The number of nitrogens with zero attached hydrogens (tertiary/aromatic N) is 5. The first kappa shape index (κ1) is 15.8. The molecule has 0 atom stereocenters. The molecule has 0 saturated carbocycles. The summed E-state index contributed by atoms with van der Waals surface area (Å²) in [5, 5.41) is 17.1. The van der Waals surface area contributed by atoms with Crippen LogP contribution in [0.3, 0.4) is 0 Å². The summed E-state index contributed by atoms with van der Waals surface area (Å²) >= 11 is 0. The maximum absolute atomic E-state index is 14.3. The van der Waals surface area contributed by atoms with Gasteiger partial charge in [-0.1, -0.05) is 12.1 Å². The predicted molar refractivity (Wildman–Crippen MR) is 90.4 cm³/mol. The van der Waals surface area contributed by atoms with Crippen LogP contribution in [0.4, 0.5) is 4.39 Å². The first-order chi connectivity index (χ1) is 12.7. The molecule has 1 aromatic carbocycles. The number of H-pyrrole nitrogens is 1. The lowest BCUT2D eigenvalue weighted by atomic mass is 10.2. The number of aromatic nitrogens is 6. The minimum Gasteiger partial charge on any atom is -0.346 e. The summed E-state index contributed by atoms with van der Waals surface area (Å²) in [4.78, 5) is 12.7. The smallest absolute Gasteiger partial charge is 0.257 e. The summed E-state index contributed by atoms with van der Waals surface area (Å²) in [6.07, 6.45) is 6.47. The lowest BCUT2D eigenvalue weighted by Gasteiger charge is -2.11. The van der Waals surface area contributed by atoms with Gasteiger partial charge in [0.25, 0.3) is 5.91 Å². The summed E-state index contributed by atoms with van der Waals surface area (Å²) < 4.78 is 17.4. The van der Waals surface area contributed by atoms with Gasteiger partial charge in [-0.05, 0) is 24.3 Å². The number of carbonyl (C=O) groups excluding carboxylic acids is 1. The largest absolute Gasteiger partial charge is 0.346 e. The summed E-state index contributed by atoms with van der Waals surface area (Å²) in [5.74, 6) is -0.337. The van der Waals surface area contributed by atoms with Crippen molar-refractivity contribution in [3.05, 3.63) is 78.3 Å². The molecule has 0 bridgehead atoms. The highest BCUT2D eigenvalue weighted by atomic mass is 19.1. The van der Waals surface area contributed by atoms with E-state index in [9.17, 15) is 9.18 Å². The van der Waals surface area contributed by atoms with Crippen LogP contribution in [0.2, 0.25) is 0 Å². The van der Waals surface area contributed by atoms with Gasteiger partial charge in [0.15, 0.2) is 5.82 Å². The Bertz CT molecular complexity index is 1020. The molecule has 0 fully saturated rings. The Morgan fingerprint density at radius 3 is 2.69 bits per heavy atom. The number of para-hydroxylation sites is 1. The third-order valence-electron chi connectivity index (χ3n) is 3.81. The Morgan fingerprint density at radius 1 is 1.15 bits per heavy atom. The van der Waals surface area contributed by atoms with Crippen molar-refractivity contribution in [3.63, 3.8) is 0 Å². The number of halogens is 1. The Labute approximate surface area is 147 Å². The van der Waals surface area contributed by atoms with Crippen LogP contribution in [0, 0.1) is 5.82 Å². The van der Waals surface area contributed by atoms with Crippen LogP contribution in [0.25, 0.3) is 11.5 Å². The lowest BCUT2D eigenvalue weighted by Crippen LogP contribution is -2.24. The quantitative estimate of drug-likeness (QED) is 0.574. The van der Waals surface area contributed by atoms with Crippen LogP contribution in [-0.2, 0) is 6.54 Å². The molecule has 4 rings (SSSR count). The van der Waals surface area contributed by atoms with Crippen molar-refractivity contribution in [2.45, 2.75) is 6.54 Å². The number of hydrogen-bond acceptors (Lipinski definition) is 4. The van der Waals surface area contributed by atoms with Crippen LogP contribution in [0.5, 0.6) is 0 Å². The highest BCUT2D eigenvalue weighted by Crippen LogP contribution is 2.21. The third kappa shape index (κ3) is 2.86. The van der Waals surface area contributed by atoms with Gasteiger partial charge in [-0.3, -0.25) is 4.79 Å². The molecule has 8 nitrogen and oxygen atoms in total. The van der Waals surface area contributed by atoms with Gasteiger partial charge < -0.3 is 9.88 Å². The number of rotatable bonds is 5. The highest BCUT2D eigenvalue weighted by Gasteiger charge is 2.21. The standard InChI is InChI=1S/C17H14FN7O/c18-14-5-1-2-6-15(14)25-17(24-7-3-4-8-24)13(11-21-25)16(26)19-9-12-10-20-23-22-12/h1-8,10-11H,9H2,(H,19,26)(H,20,22,23). The zero-order chi connectivity index (χ0) is 17.9. The molecule has 4 aromatic rings. The monoisotopic (exact) mass is 351 g/mol. The second-order valence-corrected chi connectivity index (χ2v) is 5.48. The van der Waals surface area contributed by atoms with Gasteiger partial charge in [0, 0.05) is 12.4 Å². The number of aromatic amines is 1. The Hall–Kier alpha value is -3.75. The van der Waals surface area contributed by atoms with Crippen molar-refractivity contribution < 1.29 is 9.18 Å². The van der Waals surface area contributed by atoms with Crippen LogP contribution < -0.4 is 5.32 Å². The molecule has 3 aromatic heterocycles. The topological polar surface area (TPSA) is 93.4 Å². The number of carbonyl (C=O) groups is 1. The number of nitrogens with one attached hydrogen (secondary N) is 2. The van der Waals surface area contributed by atoms with Crippen molar-refractivity contribution in [1.82, 2.24) is 35.1 Å². The Kier molecular flexibility index (Phi) is 4.02. The predicted octanol–water partition coefficient (Wildman–Crippen LogP) is 1.85. The first-order valence-electron chi connectivity index (χ1n) is 7.83. The second-order valence-electron chi connectivity index (χ2n) is 5.48. The summed E-state index contributed by atoms with van der Waals surface area (Å²) in [5.41, 5.74) is 1.17. The molecule has 0 radical (unpaired) electrons. The molecule has 0 aliphatic rings. The summed E-state index contributed by atoms with van der Waals surface area (Å²) in [6, 6.07) is 9.89. The molecule has 0 unspecified atom stereocenters. The van der Waals surface area contributed by atoms with Gasteiger partial charge in [-0.2, -0.15) is 20.5 Å². The maximum atomic E-state index is 14.3. The minimum atomic E-state index is -0.432. The molecule has 0 spiro atoms. The molecule has 2 N–H and O–H groups in total.